The molecule has 0 unspecified atom stereocenters. The molecule has 86 valence electrons. The number of unbranched alkanes of at least 4 members (excludes halogenated alkanes) is 1. The Hall–Kier alpha value is 0.390. The van der Waals surface area contributed by atoms with Crippen molar-refractivity contribution >= 4 is 26.0 Å². The SMILES string of the molecule is CCCCS(=O)(=O)NCC(C)(C)CBr. The van der Waals surface area contributed by atoms with E-state index in [-0.39, 0.29) is 11.2 Å². The van der Waals surface area contributed by atoms with Crippen molar-refractivity contribution in [3.05, 3.63) is 0 Å². The monoisotopic (exact) mass is 285 g/mol. The Morgan fingerprint density at radius 3 is 2.36 bits per heavy atom. The van der Waals surface area contributed by atoms with Crippen LogP contribution in [0.3, 0.4) is 0 Å². The lowest BCUT2D eigenvalue weighted by Gasteiger charge is -2.21. The molecular formula is C9H20BrNO2S. The molecule has 0 spiro atoms. The predicted octanol–water partition coefficient (Wildman–Crippen LogP) is 2.13. The van der Waals surface area contributed by atoms with E-state index in [0.29, 0.717) is 6.54 Å². The summed E-state index contributed by atoms with van der Waals surface area (Å²) in [4.78, 5) is 0. The number of sulfonamides is 1. The summed E-state index contributed by atoms with van der Waals surface area (Å²) in [7, 11) is -3.06. The molecule has 0 bridgehead atoms. The van der Waals surface area contributed by atoms with Gasteiger partial charge in [0.05, 0.1) is 5.75 Å². The fraction of sp³-hybridized carbons (Fsp3) is 1.00. The highest BCUT2D eigenvalue weighted by atomic mass is 79.9. The third-order valence-electron chi connectivity index (χ3n) is 1.90. The predicted molar refractivity (Wildman–Crippen MR) is 64.3 cm³/mol. The first-order valence-corrected chi connectivity index (χ1v) is 7.63. The second-order valence-corrected chi connectivity index (χ2v) is 6.78. The van der Waals surface area contributed by atoms with Crippen molar-refractivity contribution in [2.75, 3.05) is 17.6 Å². The van der Waals surface area contributed by atoms with Gasteiger partial charge < -0.3 is 0 Å². The molecule has 3 nitrogen and oxygen atoms in total. The minimum Gasteiger partial charge on any atom is -0.215 e. The molecule has 0 aromatic heterocycles. The van der Waals surface area contributed by atoms with Crippen molar-refractivity contribution in [3.63, 3.8) is 0 Å². The molecule has 0 rings (SSSR count). The normalized spacial score (nSPS) is 13.1. The van der Waals surface area contributed by atoms with Crippen LogP contribution in [0.1, 0.15) is 33.6 Å². The molecule has 0 atom stereocenters. The topological polar surface area (TPSA) is 46.2 Å². The molecule has 0 saturated carbocycles. The average Bonchev–Trinajstić information content (AvgIpc) is 2.12. The average molecular weight is 286 g/mol. The van der Waals surface area contributed by atoms with E-state index in [1.165, 1.54) is 0 Å². The third-order valence-corrected chi connectivity index (χ3v) is 4.83. The van der Waals surface area contributed by atoms with E-state index in [4.69, 9.17) is 0 Å². The van der Waals surface area contributed by atoms with E-state index in [9.17, 15) is 8.42 Å². The van der Waals surface area contributed by atoms with Crippen molar-refractivity contribution in [1.82, 2.24) is 4.72 Å². The minimum absolute atomic E-state index is 0.0285. The van der Waals surface area contributed by atoms with Crippen molar-refractivity contribution < 1.29 is 8.42 Å². The first-order valence-electron chi connectivity index (χ1n) is 4.86. The Morgan fingerprint density at radius 1 is 1.36 bits per heavy atom. The van der Waals surface area contributed by atoms with E-state index in [2.05, 4.69) is 20.7 Å². The second-order valence-electron chi connectivity index (χ2n) is 4.29. The van der Waals surface area contributed by atoms with Crippen LogP contribution in [-0.4, -0.2) is 26.0 Å². The summed E-state index contributed by atoms with van der Waals surface area (Å²) in [6, 6.07) is 0. The smallest absolute Gasteiger partial charge is 0.211 e. The number of halogens is 1. The maximum atomic E-state index is 11.4. The second kappa shape index (κ2) is 6.08. The van der Waals surface area contributed by atoms with E-state index in [0.717, 1.165) is 18.2 Å². The summed E-state index contributed by atoms with van der Waals surface area (Å²) < 4.78 is 25.5. The molecular weight excluding hydrogens is 266 g/mol. The standard InChI is InChI=1S/C9H20BrNO2S/c1-4-5-6-14(12,13)11-8-9(2,3)7-10/h11H,4-8H2,1-3H3. The molecule has 5 heteroatoms. The zero-order chi connectivity index (χ0) is 11.2. The van der Waals surface area contributed by atoms with Gasteiger partial charge in [0.25, 0.3) is 0 Å². The molecule has 0 radical (unpaired) electrons. The van der Waals surface area contributed by atoms with Crippen LogP contribution < -0.4 is 4.72 Å². The zero-order valence-corrected chi connectivity index (χ0v) is 11.5. The fourth-order valence-electron chi connectivity index (χ4n) is 0.759. The van der Waals surface area contributed by atoms with Crippen molar-refractivity contribution in [3.8, 4) is 0 Å². The largest absolute Gasteiger partial charge is 0.215 e. The summed E-state index contributed by atoms with van der Waals surface area (Å²) in [6.45, 7) is 6.51. The van der Waals surface area contributed by atoms with Crippen LogP contribution in [0, 0.1) is 5.41 Å². The van der Waals surface area contributed by atoms with Gasteiger partial charge >= 0.3 is 0 Å². The van der Waals surface area contributed by atoms with Gasteiger partial charge in [-0.05, 0) is 11.8 Å². The van der Waals surface area contributed by atoms with Gasteiger partial charge in [-0.1, -0.05) is 43.1 Å². The van der Waals surface area contributed by atoms with Crippen LogP contribution >= 0.6 is 15.9 Å². The summed E-state index contributed by atoms with van der Waals surface area (Å²) in [6.07, 6.45) is 1.63. The Bertz CT molecular complexity index is 250. The van der Waals surface area contributed by atoms with Gasteiger partial charge in [0.15, 0.2) is 0 Å². The lowest BCUT2D eigenvalue weighted by atomic mass is 9.98. The van der Waals surface area contributed by atoms with Gasteiger partial charge in [0.2, 0.25) is 10.0 Å². The maximum absolute atomic E-state index is 11.4. The number of rotatable bonds is 7. The van der Waals surface area contributed by atoms with E-state index in [1.807, 2.05) is 20.8 Å². The van der Waals surface area contributed by atoms with E-state index in [1.54, 1.807) is 0 Å². The van der Waals surface area contributed by atoms with Crippen LogP contribution in [0.4, 0.5) is 0 Å². The fourth-order valence-corrected chi connectivity index (χ4v) is 2.38. The van der Waals surface area contributed by atoms with Crippen molar-refractivity contribution in [1.29, 1.82) is 0 Å². The Kier molecular flexibility index (Phi) is 6.25. The molecule has 14 heavy (non-hydrogen) atoms. The van der Waals surface area contributed by atoms with Crippen LogP contribution in [0.15, 0.2) is 0 Å². The van der Waals surface area contributed by atoms with Gasteiger partial charge in [-0.15, -0.1) is 0 Å². The Balaban J connectivity index is 4.00. The maximum Gasteiger partial charge on any atom is 0.211 e. The van der Waals surface area contributed by atoms with Gasteiger partial charge in [0, 0.05) is 11.9 Å². The van der Waals surface area contributed by atoms with Crippen molar-refractivity contribution in [2.45, 2.75) is 33.6 Å². The van der Waals surface area contributed by atoms with E-state index >= 15 is 0 Å². The number of nitrogens with one attached hydrogen (secondary N) is 1. The van der Waals surface area contributed by atoms with Gasteiger partial charge in [-0.2, -0.15) is 0 Å². The summed E-state index contributed by atoms with van der Waals surface area (Å²) in [5.41, 5.74) is -0.0285. The van der Waals surface area contributed by atoms with Gasteiger partial charge in [-0.25, -0.2) is 13.1 Å². The molecule has 0 amide bonds. The lowest BCUT2D eigenvalue weighted by Crippen LogP contribution is -2.36. The molecule has 1 N–H and O–H groups in total. The summed E-state index contributed by atoms with van der Waals surface area (Å²) >= 11 is 3.36. The molecule has 0 aliphatic heterocycles. The van der Waals surface area contributed by atoms with Crippen LogP contribution in [-0.2, 0) is 10.0 Å². The Labute approximate surface area is 95.8 Å². The number of alkyl halides is 1. The number of hydrogen-bond donors (Lipinski definition) is 1. The first kappa shape index (κ1) is 14.4. The highest BCUT2D eigenvalue weighted by Gasteiger charge is 2.19. The molecule has 0 aliphatic rings. The quantitative estimate of drug-likeness (QED) is 0.729. The highest BCUT2D eigenvalue weighted by molar-refractivity contribution is 9.09. The molecule has 0 aliphatic carbocycles. The number of hydrogen-bond acceptors (Lipinski definition) is 2. The summed E-state index contributed by atoms with van der Waals surface area (Å²) in [5.74, 6) is 0.238. The zero-order valence-electron chi connectivity index (χ0n) is 9.14. The molecule has 0 heterocycles. The molecule has 0 aromatic rings. The van der Waals surface area contributed by atoms with Gasteiger partial charge in [0.1, 0.15) is 0 Å². The molecule has 0 saturated heterocycles. The van der Waals surface area contributed by atoms with Crippen LogP contribution in [0.5, 0.6) is 0 Å². The molecule has 0 fully saturated rings. The van der Waals surface area contributed by atoms with Crippen LogP contribution in [0.25, 0.3) is 0 Å². The highest BCUT2D eigenvalue weighted by Crippen LogP contribution is 2.16. The third kappa shape index (κ3) is 6.79. The van der Waals surface area contributed by atoms with Crippen molar-refractivity contribution in [2.24, 2.45) is 5.41 Å². The first-order chi connectivity index (χ1) is 6.33. The summed E-state index contributed by atoms with van der Waals surface area (Å²) in [5, 5.41) is 0.788. The molecule has 0 aromatic carbocycles. The Morgan fingerprint density at radius 2 is 1.93 bits per heavy atom. The van der Waals surface area contributed by atoms with Crippen LogP contribution in [0.2, 0.25) is 0 Å². The van der Waals surface area contributed by atoms with Gasteiger partial charge in [-0.3, -0.25) is 0 Å². The van der Waals surface area contributed by atoms with E-state index < -0.39 is 10.0 Å². The minimum atomic E-state index is -3.06. The lowest BCUT2D eigenvalue weighted by molar-refractivity contribution is 0.420.